The van der Waals surface area contributed by atoms with Crippen molar-refractivity contribution >= 4 is 39.3 Å². The van der Waals surface area contributed by atoms with Crippen molar-refractivity contribution in [2.45, 2.75) is 45.7 Å². The van der Waals surface area contributed by atoms with Crippen LogP contribution >= 0.6 is 23.2 Å². The fraction of sp³-hybridized carbons (Fsp3) is 0.333. The van der Waals surface area contributed by atoms with Gasteiger partial charge in [-0.3, -0.25) is 0 Å². The van der Waals surface area contributed by atoms with E-state index >= 15 is 0 Å². The van der Waals surface area contributed by atoms with Crippen LogP contribution in [0.3, 0.4) is 0 Å². The molecular weight excluding hydrogens is 379 g/mol. The van der Waals surface area contributed by atoms with Crippen LogP contribution in [0.5, 0.6) is 0 Å². The van der Waals surface area contributed by atoms with Crippen LogP contribution in [-0.2, 0) is 0 Å². The fourth-order valence-electron chi connectivity index (χ4n) is 2.08. The van der Waals surface area contributed by atoms with Crippen molar-refractivity contribution < 1.29 is 0 Å². The van der Waals surface area contributed by atoms with Crippen molar-refractivity contribution in [2.75, 3.05) is 0 Å². The van der Waals surface area contributed by atoms with E-state index < -0.39 is 16.1 Å². The lowest BCUT2D eigenvalue weighted by molar-refractivity contribution is 1.30. The molecule has 0 aliphatic carbocycles. The van der Waals surface area contributed by atoms with Gasteiger partial charge in [0.05, 0.1) is 23.7 Å². The third kappa shape index (κ3) is 7.31. The first-order valence-electron chi connectivity index (χ1n) is 8.29. The van der Waals surface area contributed by atoms with Gasteiger partial charge in [-0.1, -0.05) is 92.4 Å². The van der Waals surface area contributed by atoms with Crippen molar-refractivity contribution in [2.24, 2.45) is 0 Å². The minimum atomic E-state index is -1.69. The molecule has 1 aromatic rings. The quantitative estimate of drug-likeness (QED) is 0.289. The topological polar surface area (TPSA) is 0 Å². The molecule has 0 atom stereocenters. The first-order valence-corrected chi connectivity index (χ1v) is 16.0. The predicted octanol–water partition coefficient (Wildman–Crippen LogP) is 6.98. The van der Waals surface area contributed by atoms with Gasteiger partial charge in [-0.25, -0.2) is 0 Å². The van der Waals surface area contributed by atoms with Gasteiger partial charge in [0, 0.05) is 5.57 Å². The maximum absolute atomic E-state index is 6.26. The largest absolute Gasteiger partial charge is 0.129 e. The Morgan fingerprint density at radius 2 is 1.60 bits per heavy atom. The van der Waals surface area contributed by atoms with Crippen LogP contribution in [0, 0.1) is 23.3 Å². The van der Waals surface area contributed by atoms with E-state index in [1.165, 1.54) is 0 Å². The molecule has 0 radical (unpaired) electrons. The Kier molecular flexibility index (Phi) is 7.85. The van der Waals surface area contributed by atoms with Crippen molar-refractivity contribution in [1.29, 1.82) is 0 Å². The Morgan fingerprint density at radius 3 is 2.04 bits per heavy atom. The summed E-state index contributed by atoms with van der Waals surface area (Å²) >= 11 is 12.5. The molecule has 0 amide bonds. The zero-order valence-electron chi connectivity index (χ0n) is 16.0. The number of hydrogen-bond acceptors (Lipinski definition) is 0. The van der Waals surface area contributed by atoms with Crippen LogP contribution in [0.25, 0.3) is 0 Å². The molecule has 4 heteroatoms. The van der Waals surface area contributed by atoms with Crippen molar-refractivity contribution in [3.63, 3.8) is 0 Å². The Labute approximate surface area is 165 Å². The van der Waals surface area contributed by atoms with Gasteiger partial charge >= 0.3 is 0 Å². The second-order valence-corrected chi connectivity index (χ2v) is 18.5. The van der Waals surface area contributed by atoms with Gasteiger partial charge in [-0.2, -0.15) is 0 Å². The fourth-order valence-corrected chi connectivity index (χ4v) is 4.61. The molecular formula is C21H26Cl2Si2. The molecule has 1 aromatic carbocycles. The average molecular weight is 406 g/mol. The monoisotopic (exact) mass is 404 g/mol. The Morgan fingerprint density at radius 1 is 1.04 bits per heavy atom. The smallest absolute Gasteiger partial charge is 0.127 e. The van der Waals surface area contributed by atoms with E-state index in [0.717, 1.165) is 17.2 Å². The Balaban J connectivity index is 3.59. The highest BCUT2D eigenvalue weighted by atomic mass is 35.5. The highest BCUT2D eigenvalue weighted by Crippen LogP contribution is 2.25. The molecule has 0 bridgehead atoms. The predicted molar refractivity (Wildman–Crippen MR) is 120 cm³/mol. The summed E-state index contributed by atoms with van der Waals surface area (Å²) in [5.41, 5.74) is 5.23. The molecule has 25 heavy (non-hydrogen) atoms. The molecule has 0 nitrogen and oxygen atoms in total. The summed E-state index contributed by atoms with van der Waals surface area (Å²) in [5.74, 6) is 9.98. The van der Waals surface area contributed by atoms with Crippen LogP contribution in [0.4, 0.5) is 0 Å². The number of allylic oxidation sites excluding steroid dienone is 3. The summed E-state index contributed by atoms with van der Waals surface area (Å²) in [6, 6.07) is 5.45. The van der Waals surface area contributed by atoms with Gasteiger partial charge in [0.1, 0.15) is 8.07 Å². The Hall–Kier alpha value is -1.17. The first-order chi connectivity index (χ1) is 11.5. The number of benzene rings is 1. The molecule has 0 unspecified atom stereocenters. The van der Waals surface area contributed by atoms with Gasteiger partial charge in [-0.05, 0) is 23.7 Å². The molecule has 0 N–H and O–H groups in total. The summed E-state index contributed by atoms with van der Waals surface area (Å²) in [4.78, 5) is 0. The van der Waals surface area contributed by atoms with Gasteiger partial charge in [0.25, 0.3) is 0 Å². The lowest BCUT2D eigenvalue weighted by Crippen LogP contribution is -2.25. The summed E-state index contributed by atoms with van der Waals surface area (Å²) in [6.45, 7) is 17.5. The summed E-state index contributed by atoms with van der Waals surface area (Å²) < 4.78 is 0. The van der Waals surface area contributed by atoms with Crippen molar-refractivity contribution in [3.05, 3.63) is 57.2 Å². The summed E-state index contributed by atoms with van der Waals surface area (Å²) in [6.07, 6.45) is 2.64. The lowest BCUT2D eigenvalue weighted by atomic mass is 10.1. The molecule has 0 aliphatic rings. The maximum atomic E-state index is 6.26. The normalized spacial score (nSPS) is 12.3. The third-order valence-corrected chi connectivity index (χ3v) is 6.70. The number of halogens is 2. The van der Waals surface area contributed by atoms with E-state index in [4.69, 9.17) is 23.2 Å². The van der Waals surface area contributed by atoms with E-state index in [9.17, 15) is 0 Å². The van der Waals surface area contributed by atoms with Gasteiger partial charge in [0.2, 0.25) is 0 Å². The lowest BCUT2D eigenvalue weighted by Gasteiger charge is -2.18. The van der Waals surface area contributed by atoms with Crippen LogP contribution in [-0.4, -0.2) is 16.1 Å². The minimum Gasteiger partial charge on any atom is -0.127 e. The number of rotatable bonds is 3. The zero-order valence-corrected chi connectivity index (χ0v) is 19.5. The highest BCUT2D eigenvalue weighted by Gasteiger charge is 2.21. The highest BCUT2D eigenvalue weighted by molar-refractivity contribution is 6.85. The van der Waals surface area contributed by atoms with Gasteiger partial charge in [-0.15, -0.1) is 12.1 Å². The molecule has 0 spiro atoms. The van der Waals surface area contributed by atoms with Gasteiger partial charge < -0.3 is 0 Å². The molecule has 0 aromatic heterocycles. The van der Waals surface area contributed by atoms with E-state index in [0.29, 0.717) is 15.6 Å². The minimum absolute atomic E-state index is 0.577. The maximum Gasteiger partial charge on any atom is 0.129 e. The third-order valence-electron chi connectivity index (χ3n) is 3.26. The molecule has 0 saturated carbocycles. The molecule has 0 heterocycles. The van der Waals surface area contributed by atoms with Crippen LogP contribution in [0.2, 0.25) is 49.3 Å². The molecule has 132 valence electrons. The van der Waals surface area contributed by atoms with Crippen LogP contribution in [0.1, 0.15) is 12.0 Å². The van der Waals surface area contributed by atoms with Crippen LogP contribution < -0.4 is 0 Å². The van der Waals surface area contributed by atoms with Crippen LogP contribution in [0.15, 0.2) is 41.6 Å². The van der Waals surface area contributed by atoms with E-state index in [2.05, 4.69) is 69.2 Å². The summed E-state index contributed by atoms with van der Waals surface area (Å²) in [7, 11) is -3.15. The second kappa shape index (κ2) is 8.97. The Bertz CT molecular complexity index is 778. The van der Waals surface area contributed by atoms with Crippen molar-refractivity contribution in [1.82, 2.24) is 0 Å². The SMILES string of the molecule is C=CC/C(C#C[Si](C)(C)C)=C(\C#Cc1c(Cl)cccc1Cl)[Si](C)(C)C. The molecule has 0 fully saturated rings. The van der Waals surface area contributed by atoms with E-state index in [1.807, 2.05) is 24.3 Å². The van der Waals surface area contributed by atoms with Gasteiger partial charge in [0.15, 0.2) is 0 Å². The second-order valence-electron chi connectivity index (χ2n) is 7.94. The zero-order chi connectivity index (χ0) is 19.3. The summed E-state index contributed by atoms with van der Waals surface area (Å²) in [5, 5.41) is 2.30. The average Bonchev–Trinajstić information content (AvgIpc) is 2.45. The molecule has 0 aliphatic heterocycles. The standard InChI is InChI=1S/C21H26Cl2Si2/c1-8-10-17(15-16-24(2,3)4)21(25(5,6)7)14-13-18-19(22)11-9-12-20(18)23/h8-9,11-12H,1,10H2,2-7H3/b21-17-. The molecule has 1 rings (SSSR count). The van der Waals surface area contributed by atoms with Crippen molar-refractivity contribution in [3.8, 4) is 23.3 Å². The number of hydrogen-bond donors (Lipinski definition) is 0. The van der Waals surface area contributed by atoms with E-state index in [-0.39, 0.29) is 0 Å². The van der Waals surface area contributed by atoms with E-state index in [1.54, 1.807) is 0 Å². The molecule has 0 saturated heterocycles. The first kappa shape index (κ1) is 21.9.